The molecule has 0 amide bonds. The van der Waals surface area contributed by atoms with Crippen molar-refractivity contribution >= 4 is 0 Å². The standard InChI is InChI=1S/C6H11N/c1-7-5-6-3-2-4-6/h5,7H,2-4H2,1H3. The lowest BCUT2D eigenvalue weighted by Gasteiger charge is -2.14. The van der Waals surface area contributed by atoms with E-state index >= 15 is 0 Å². The number of allylic oxidation sites excluding steroid dienone is 1. The van der Waals surface area contributed by atoms with Gasteiger partial charge in [-0.15, -0.1) is 0 Å². The lowest BCUT2D eigenvalue weighted by atomic mass is 9.94. The third kappa shape index (κ3) is 0.952. The highest BCUT2D eigenvalue weighted by molar-refractivity contribution is 5.07. The van der Waals surface area contributed by atoms with Crippen LogP contribution in [0.25, 0.3) is 0 Å². The summed E-state index contributed by atoms with van der Waals surface area (Å²) in [6.45, 7) is 0. The van der Waals surface area contributed by atoms with Gasteiger partial charge in [-0.2, -0.15) is 0 Å². The van der Waals surface area contributed by atoms with Crippen LogP contribution in [0.4, 0.5) is 0 Å². The van der Waals surface area contributed by atoms with Gasteiger partial charge in [0.25, 0.3) is 0 Å². The molecule has 1 aliphatic rings. The predicted molar refractivity (Wildman–Crippen MR) is 31.0 cm³/mol. The van der Waals surface area contributed by atoms with Crippen molar-refractivity contribution in [1.29, 1.82) is 0 Å². The van der Waals surface area contributed by atoms with Gasteiger partial charge in [0.1, 0.15) is 0 Å². The van der Waals surface area contributed by atoms with Gasteiger partial charge in [-0.25, -0.2) is 0 Å². The largest absolute Gasteiger partial charge is 0.394 e. The van der Waals surface area contributed by atoms with Crippen molar-refractivity contribution < 1.29 is 0 Å². The third-order valence-corrected chi connectivity index (χ3v) is 1.34. The molecule has 0 aromatic carbocycles. The molecule has 40 valence electrons. The first kappa shape index (κ1) is 4.69. The summed E-state index contributed by atoms with van der Waals surface area (Å²) in [5.41, 5.74) is 1.57. The van der Waals surface area contributed by atoms with Crippen molar-refractivity contribution in [3.63, 3.8) is 0 Å². The van der Waals surface area contributed by atoms with Gasteiger partial charge in [-0.1, -0.05) is 5.57 Å². The Kier molecular flexibility index (Phi) is 1.35. The lowest BCUT2D eigenvalue weighted by Crippen LogP contribution is -2.02. The van der Waals surface area contributed by atoms with Crippen molar-refractivity contribution in [2.24, 2.45) is 0 Å². The van der Waals surface area contributed by atoms with E-state index in [1.807, 2.05) is 7.05 Å². The average Bonchev–Trinajstić information content (AvgIpc) is 1.55. The van der Waals surface area contributed by atoms with Gasteiger partial charge in [0.15, 0.2) is 0 Å². The van der Waals surface area contributed by atoms with E-state index in [-0.39, 0.29) is 0 Å². The molecular weight excluding hydrogens is 86.1 g/mol. The predicted octanol–water partition coefficient (Wildman–Crippen LogP) is 1.27. The maximum atomic E-state index is 3.01. The Morgan fingerprint density at radius 1 is 1.57 bits per heavy atom. The summed E-state index contributed by atoms with van der Waals surface area (Å²) in [5.74, 6) is 0. The van der Waals surface area contributed by atoms with Gasteiger partial charge >= 0.3 is 0 Å². The Morgan fingerprint density at radius 3 is 2.43 bits per heavy atom. The van der Waals surface area contributed by atoms with Crippen LogP contribution in [-0.2, 0) is 0 Å². The van der Waals surface area contributed by atoms with Crippen molar-refractivity contribution in [3.05, 3.63) is 11.8 Å². The van der Waals surface area contributed by atoms with Crippen molar-refractivity contribution in [3.8, 4) is 0 Å². The minimum absolute atomic E-state index is 1.32. The number of rotatable bonds is 1. The fourth-order valence-corrected chi connectivity index (χ4v) is 0.729. The van der Waals surface area contributed by atoms with E-state index in [0.29, 0.717) is 0 Å². The SMILES string of the molecule is CNC=C1CCC1. The molecule has 1 aliphatic carbocycles. The highest BCUT2D eigenvalue weighted by Gasteiger charge is 2.05. The minimum atomic E-state index is 1.32. The fourth-order valence-electron chi connectivity index (χ4n) is 0.729. The molecule has 0 atom stereocenters. The topological polar surface area (TPSA) is 12.0 Å². The molecule has 0 heterocycles. The molecule has 1 N–H and O–H groups in total. The number of nitrogens with one attached hydrogen (secondary N) is 1. The second-order valence-corrected chi connectivity index (χ2v) is 1.94. The van der Waals surface area contributed by atoms with Crippen molar-refractivity contribution in [2.75, 3.05) is 7.05 Å². The third-order valence-electron chi connectivity index (χ3n) is 1.34. The van der Waals surface area contributed by atoms with Gasteiger partial charge in [-0.3, -0.25) is 0 Å². The zero-order chi connectivity index (χ0) is 5.11. The van der Waals surface area contributed by atoms with Gasteiger partial charge in [0, 0.05) is 7.05 Å². The molecule has 1 saturated carbocycles. The van der Waals surface area contributed by atoms with Gasteiger partial charge < -0.3 is 5.32 Å². The second kappa shape index (κ2) is 2.01. The monoisotopic (exact) mass is 97.1 g/mol. The molecule has 7 heavy (non-hydrogen) atoms. The highest BCUT2D eigenvalue weighted by atomic mass is 14.8. The molecule has 1 fully saturated rings. The summed E-state index contributed by atoms with van der Waals surface area (Å²) in [6, 6.07) is 0. The molecule has 0 radical (unpaired) electrons. The smallest absolute Gasteiger partial charge is 0.00276 e. The number of hydrogen-bond acceptors (Lipinski definition) is 1. The van der Waals surface area contributed by atoms with Crippen LogP contribution in [0.2, 0.25) is 0 Å². The summed E-state index contributed by atoms with van der Waals surface area (Å²) < 4.78 is 0. The molecular formula is C6H11N. The van der Waals surface area contributed by atoms with Crippen LogP contribution in [0.3, 0.4) is 0 Å². The maximum absolute atomic E-state index is 3.01. The molecule has 0 saturated heterocycles. The van der Waals surface area contributed by atoms with E-state index in [4.69, 9.17) is 0 Å². The van der Waals surface area contributed by atoms with Crippen LogP contribution in [0.15, 0.2) is 11.8 Å². The Morgan fingerprint density at radius 2 is 2.29 bits per heavy atom. The molecule has 0 aromatic rings. The van der Waals surface area contributed by atoms with Crippen LogP contribution < -0.4 is 5.32 Å². The minimum Gasteiger partial charge on any atom is -0.394 e. The van der Waals surface area contributed by atoms with E-state index in [9.17, 15) is 0 Å². The normalized spacial score (nSPS) is 18.1. The zero-order valence-electron chi connectivity index (χ0n) is 4.70. The maximum Gasteiger partial charge on any atom is 0.00276 e. The van der Waals surface area contributed by atoms with E-state index in [0.717, 1.165) is 0 Å². The summed E-state index contributed by atoms with van der Waals surface area (Å²) in [7, 11) is 1.95. The van der Waals surface area contributed by atoms with Crippen molar-refractivity contribution in [2.45, 2.75) is 19.3 Å². The average molecular weight is 97.2 g/mol. The first-order valence-electron chi connectivity index (χ1n) is 2.78. The Bertz CT molecular complexity index is 78.2. The van der Waals surface area contributed by atoms with E-state index < -0.39 is 0 Å². The summed E-state index contributed by atoms with van der Waals surface area (Å²) in [5, 5.41) is 3.01. The first-order chi connectivity index (χ1) is 3.43. The molecule has 1 heteroatoms. The Hall–Kier alpha value is -0.460. The van der Waals surface area contributed by atoms with Crippen molar-refractivity contribution in [1.82, 2.24) is 5.32 Å². The molecule has 0 unspecified atom stereocenters. The molecule has 0 aliphatic heterocycles. The second-order valence-electron chi connectivity index (χ2n) is 1.94. The quantitative estimate of drug-likeness (QED) is 0.519. The Balaban J connectivity index is 2.23. The van der Waals surface area contributed by atoms with Crippen LogP contribution in [0, 0.1) is 0 Å². The van der Waals surface area contributed by atoms with Crippen LogP contribution in [0.1, 0.15) is 19.3 Å². The van der Waals surface area contributed by atoms with E-state index in [1.165, 1.54) is 19.3 Å². The summed E-state index contributed by atoms with van der Waals surface area (Å²) >= 11 is 0. The van der Waals surface area contributed by atoms with Gasteiger partial charge in [0.2, 0.25) is 0 Å². The van der Waals surface area contributed by atoms with Crippen LogP contribution in [-0.4, -0.2) is 7.05 Å². The molecule has 0 bridgehead atoms. The highest BCUT2D eigenvalue weighted by Crippen LogP contribution is 2.23. The summed E-state index contributed by atoms with van der Waals surface area (Å²) in [4.78, 5) is 0. The molecule has 0 aromatic heterocycles. The molecule has 1 rings (SSSR count). The Labute approximate surface area is 44.4 Å². The van der Waals surface area contributed by atoms with Crippen LogP contribution in [0.5, 0.6) is 0 Å². The van der Waals surface area contributed by atoms with Crippen LogP contribution >= 0.6 is 0 Å². The van der Waals surface area contributed by atoms with Gasteiger partial charge in [0.05, 0.1) is 0 Å². The zero-order valence-corrected chi connectivity index (χ0v) is 4.70. The first-order valence-corrected chi connectivity index (χ1v) is 2.78. The van der Waals surface area contributed by atoms with E-state index in [2.05, 4.69) is 11.5 Å². The summed E-state index contributed by atoms with van der Waals surface area (Å²) in [6.07, 6.45) is 6.14. The van der Waals surface area contributed by atoms with E-state index in [1.54, 1.807) is 5.57 Å². The van der Waals surface area contributed by atoms with Gasteiger partial charge in [-0.05, 0) is 25.5 Å². The lowest BCUT2D eigenvalue weighted by molar-refractivity contribution is 0.653. The molecule has 0 spiro atoms. The fraction of sp³-hybridized carbons (Fsp3) is 0.667. The molecule has 1 nitrogen and oxygen atoms in total. The number of hydrogen-bond donors (Lipinski definition) is 1.